The van der Waals surface area contributed by atoms with Gasteiger partial charge in [-0.1, -0.05) is 30.3 Å². The summed E-state index contributed by atoms with van der Waals surface area (Å²) < 4.78 is 5.21. The van der Waals surface area contributed by atoms with Crippen molar-refractivity contribution in [3.63, 3.8) is 0 Å². The molecule has 1 aromatic carbocycles. The van der Waals surface area contributed by atoms with Crippen LogP contribution in [0.3, 0.4) is 0 Å². The first-order valence-electron chi connectivity index (χ1n) is 7.38. The van der Waals surface area contributed by atoms with Crippen molar-refractivity contribution in [2.75, 3.05) is 32.8 Å². The van der Waals surface area contributed by atoms with E-state index in [1.165, 1.54) is 0 Å². The number of carbonyl (C=O) groups excluding carboxylic acids is 2. The van der Waals surface area contributed by atoms with Crippen molar-refractivity contribution in [2.45, 2.75) is 19.9 Å². The first-order chi connectivity index (χ1) is 10.2. The molecule has 21 heavy (non-hydrogen) atoms. The van der Waals surface area contributed by atoms with Crippen LogP contribution in [0.1, 0.15) is 18.9 Å². The number of amides is 2. The van der Waals surface area contributed by atoms with Gasteiger partial charge in [-0.3, -0.25) is 9.59 Å². The maximum absolute atomic E-state index is 12.3. The Morgan fingerprint density at radius 3 is 2.48 bits per heavy atom. The summed E-state index contributed by atoms with van der Waals surface area (Å²) in [6.07, 6.45) is -0.0549. The molecule has 1 aliphatic rings. The predicted octanol–water partition coefficient (Wildman–Crippen LogP) is 1.28. The molecule has 0 spiro atoms. The fraction of sp³-hybridized carbons (Fsp3) is 0.500. The highest BCUT2D eigenvalue weighted by Gasteiger charge is 2.22. The Labute approximate surface area is 125 Å². The number of hydrogen-bond donors (Lipinski definition) is 0. The first-order valence-corrected chi connectivity index (χ1v) is 7.38. The summed E-state index contributed by atoms with van der Waals surface area (Å²) in [7, 11) is 0. The van der Waals surface area contributed by atoms with Gasteiger partial charge in [-0.15, -0.1) is 0 Å². The molecule has 0 N–H and O–H groups in total. The Kier molecular flexibility index (Phi) is 5.75. The highest BCUT2D eigenvalue weighted by atomic mass is 16.5. The van der Waals surface area contributed by atoms with Gasteiger partial charge in [0.1, 0.15) is 6.42 Å². The number of ether oxygens (including phenoxy) is 1. The molecule has 114 valence electrons. The fourth-order valence-electron chi connectivity index (χ4n) is 2.35. The van der Waals surface area contributed by atoms with Crippen LogP contribution < -0.4 is 0 Å². The van der Waals surface area contributed by atoms with E-state index in [1.54, 1.807) is 9.80 Å². The van der Waals surface area contributed by atoms with Gasteiger partial charge in [-0.2, -0.15) is 0 Å². The van der Waals surface area contributed by atoms with Crippen molar-refractivity contribution < 1.29 is 14.3 Å². The second-order valence-corrected chi connectivity index (χ2v) is 5.06. The average Bonchev–Trinajstić information content (AvgIpc) is 2.54. The number of benzene rings is 1. The number of hydrogen-bond acceptors (Lipinski definition) is 3. The lowest BCUT2D eigenvalue weighted by atomic mass is 10.2. The molecule has 1 aromatic rings. The van der Waals surface area contributed by atoms with Gasteiger partial charge < -0.3 is 14.5 Å². The SMILES string of the molecule is CCN(Cc1ccccc1)C(=O)CC(=O)N1CCOCC1. The zero-order valence-corrected chi connectivity index (χ0v) is 12.5. The van der Waals surface area contributed by atoms with E-state index in [4.69, 9.17) is 4.74 Å². The minimum Gasteiger partial charge on any atom is -0.378 e. The van der Waals surface area contributed by atoms with Gasteiger partial charge in [0.05, 0.1) is 13.2 Å². The highest BCUT2D eigenvalue weighted by molar-refractivity contribution is 5.96. The zero-order valence-electron chi connectivity index (χ0n) is 12.5. The predicted molar refractivity (Wildman–Crippen MR) is 79.5 cm³/mol. The van der Waals surface area contributed by atoms with Crippen LogP contribution in [-0.2, 0) is 20.9 Å². The number of carbonyl (C=O) groups is 2. The summed E-state index contributed by atoms with van der Waals surface area (Å²) in [5.41, 5.74) is 1.08. The molecule has 0 radical (unpaired) electrons. The van der Waals surface area contributed by atoms with Crippen molar-refractivity contribution in [3.05, 3.63) is 35.9 Å². The largest absolute Gasteiger partial charge is 0.378 e. The lowest BCUT2D eigenvalue weighted by Crippen LogP contribution is -2.43. The molecule has 0 unspecified atom stereocenters. The van der Waals surface area contributed by atoms with Gasteiger partial charge in [-0.25, -0.2) is 0 Å². The summed E-state index contributed by atoms with van der Waals surface area (Å²) in [6, 6.07) is 9.82. The van der Waals surface area contributed by atoms with E-state index >= 15 is 0 Å². The molecule has 1 heterocycles. The van der Waals surface area contributed by atoms with Gasteiger partial charge >= 0.3 is 0 Å². The Morgan fingerprint density at radius 1 is 1.19 bits per heavy atom. The summed E-state index contributed by atoms with van der Waals surface area (Å²) in [4.78, 5) is 27.8. The number of rotatable bonds is 5. The maximum Gasteiger partial charge on any atom is 0.232 e. The molecular weight excluding hydrogens is 268 g/mol. The molecule has 1 aliphatic heterocycles. The van der Waals surface area contributed by atoms with E-state index in [2.05, 4.69) is 0 Å². The van der Waals surface area contributed by atoms with Crippen LogP contribution in [0.2, 0.25) is 0 Å². The Morgan fingerprint density at radius 2 is 1.86 bits per heavy atom. The van der Waals surface area contributed by atoms with Gasteiger partial charge in [0.2, 0.25) is 11.8 Å². The third-order valence-electron chi connectivity index (χ3n) is 3.62. The van der Waals surface area contributed by atoms with Crippen molar-refractivity contribution in [1.29, 1.82) is 0 Å². The van der Waals surface area contributed by atoms with Crippen LogP contribution in [-0.4, -0.2) is 54.5 Å². The Balaban J connectivity index is 1.89. The Bertz CT molecular complexity index is 470. The molecule has 0 atom stereocenters. The van der Waals surface area contributed by atoms with Gasteiger partial charge in [0.25, 0.3) is 0 Å². The number of nitrogens with zero attached hydrogens (tertiary/aromatic N) is 2. The van der Waals surface area contributed by atoms with Crippen LogP contribution >= 0.6 is 0 Å². The van der Waals surface area contributed by atoms with Gasteiger partial charge in [0.15, 0.2) is 0 Å². The van der Waals surface area contributed by atoms with Crippen LogP contribution in [0.4, 0.5) is 0 Å². The van der Waals surface area contributed by atoms with E-state index in [-0.39, 0.29) is 18.2 Å². The lowest BCUT2D eigenvalue weighted by molar-refractivity contribution is -0.143. The minimum absolute atomic E-state index is 0.0549. The molecule has 0 aliphatic carbocycles. The quantitative estimate of drug-likeness (QED) is 0.768. The first kappa shape index (κ1) is 15.5. The summed E-state index contributed by atoms with van der Waals surface area (Å²) in [5, 5.41) is 0. The van der Waals surface area contributed by atoms with Crippen LogP contribution in [0.15, 0.2) is 30.3 Å². The maximum atomic E-state index is 12.3. The van der Waals surface area contributed by atoms with Crippen LogP contribution in [0.5, 0.6) is 0 Å². The van der Waals surface area contributed by atoms with Crippen molar-refractivity contribution in [2.24, 2.45) is 0 Å². The summed E-state index contributed by atoms with van der Waals surface area (Å²) >= 11 is 0. The summed E-state index contributed by atoms with van der Waals surface area (Å²) in [6.45, 7) is 5.35. The molecule has 5 nitrogen and oxygen atoms in total. The third kappa shape index (κ3) is 4.56. The van der Waals surface area contributed by atoms with E-state index in [0.29, 0.717) is 39.4 Å². The minimum atomic E-state index is -0.113. The topological polar surface area (TPSA) is 49.9 Å². The highest BCUT2D eigenvalue weighted by Crippen LogP contribution is 2.08. The standard InChI is InChI=1S/C16H22N2O3/c1-2-17(13-14-6-4-3-5-7-14)15(19)12-16(20)18-8-10-21-11-9-18/h3-7H,2,8-13H2,1H3. The monoisotopic (exact) mass is 290 g/mol. The van der Waals surface area contributed by atoms with Crippen LogP contribution in [0, 0.1) is 0 Å². The van der Waals surface area contributed by atoms with E-state index in [9.17, 15) is 9.59 Å². The lowest BCUT2D eigenvalue weighted by Gasteiger charge is -2.28. The molecular formula is C16H22N2O3. The normalized spacial score (nSPS) is 14.8. The molecule has 2 amide bonds. The molecule has 1 saturated heterocycles. The van der Waals surface area contributed by atoms with Crippen molar-refractivity contribution >= 4 is 11.8 Å². The summed E-state index contributed by atoms with van der Waals surface area (Å²) in [5.74, 6) is -0.215. The van der Waals surface area contributed by atoms with Gasteiger partial charge in [-0.05, 0) is 12.5 Å². The zero-order chi connectivity index (χ0) is 15.1. The third-order valence-corrected chi connectivity index (χ3v) is 3.62. The molecule has 0 saturated carbocycles. The molecule has 1 fully saturated rings. The molecule has 5 heteroatoms. The van der Waals surface area contributed by atoms with Crippen molar-refractivity contribution in [1.82, 2.24) is 9.80 Å². The van der Waals surface area contributed by atoms with E-state index in [0.717, 1.165) is 5.56 Å². The average molecular weight is 290 g/mol. The molecule has 2 rings (SSSR count). The molecule has 0 bridgehead atoms. The van der Waals surface area contributed by atoms with Crippen LogP contribution in [0.25, 0.3) is 0 Å². The number of morpholine rings is 1. The Hall–Kier alpha value is -1.88. The second-order valence-electron chi connectivity index (χ2n) is 5.06. The fourth-order valence-corrected chi connectivity index (χ4v) is 2.35. The molecule has 0 aromatic heterocycles. The van der Waals surface area contributed by atoms with Crippen molar-refractivity contribution in [3.8, 4) is 0 Å². The van der Waals surface area contributed by atoms with E-state index in [1.807, 2.05) is 37.3 Å². The van der Waals surface area contributed by atoms with E-state index < -0.39 is 0 Å². The second kappa shape index (κ2) is 7.78. The van der Waals surface area contributed by atoms with Gasteiger partial charge in [0, 0.05) is 26.2 Å². The smallest absolute Gasteiger partial charge is 0.232 e.